The van der Waals surface area contributed by atoms with Gasteiger partial charge in [0.05, 0.1) is 6.42 Å². The van der Waals surface area contributed by atoms with Crippen LogP contribution in [0.2, 0.25) is 0 Å². The average Bonchev–Trinajstić information content (AvgIpc) is 2.68. The van der Waals surface area contributed by atoms with Crippen LogP contribution in [0.4, 0.5) is 10.5 Å². The molecule has 0 unspecified atom stereocenters. The molecule has 5 nitrogen and oxygen atoms in total. The lowest BCUT2D eigenvalue weighted by atomic mass is 9.80. The van der Waals surface area contributed by atoms with Gasteiger partial charge in [0.15, 0.2) is 0 Å². The highest BCUT2D eigenvalue weighted by molar-refractivity contribution is 5.95. The number of amides is 2. The molecule has 0 bridgehead atoms. The van der Waals surface area contributed by atoms with Crippen molar-refractivity contribution < 1.29 is 14.7 Å². The molecule has 1 aliphatic rings. The Kier molecular flexibility index (Phi) is 3.70. The molecule has 0 aromatic heterocycles. The lowest BCUT2D eigenvalue weighted by Crippen LogP contribution is -2.32. The number of anilines is 1. The van der Waals surface area contributed by atoms with E-state index in [1.54, 1.807) is 16.8 Å². The van der Waals surface area contributed by atoms with Crippen LogP contribution in [0, 0.1) is 0 Å². The highest BCUT2D eigenvalue weighted by atomic mass is 16.4. The molecule has 0 atom stereocenters. The molecule has 2 amide bonds. The molecule has 0 aliphatic carbocycles. The SMILES string of the molecule is CN1CCN(c2ccccc2C(C)(C)CC(=O)O)C1=O. The van der Waals surface area contributed by atoms with E-state index in [1.165, 1.54) is 0 Å². The Morgan fingerprint density at radius 3 is 2.50 bits per heavy atom. The third kappa shape index (κ3) is 2.61. The van der Waals surface area contributed by atoms with Crippen molar-refractivity contribution in [1.29, 1.82) is 0 Å². The van der Waals surface area contributed by atoms with Crippen molar-refractivity contribution >= 4 is 17.7 Å². The summed E-state index contributed by atoms with van der Waals surface area (Å²) in [5.74, 6) is -0.838. The maximum atomic E-state index is 12.1. The second-order valence-electron chi connectivity index (χ2n) is 5.83. The minimum atomic E-state index is -0.838. The van der Waals surface area contributed by atoms with Crippen LogP contribution in [0.3, 0.4) is 0 Å². The molecule has 0 spiro atoms. The van der Waals surface area contributed by atoms with Gasteiger partial charge in [-0.15, -0.1) is 0 Å². The quantitative estimate of drug-likeness (QED) is 0.918. The highest BCUT2D eigenvalue weighted by Gasteiger charge is 2.33. The van der Waals surface area contributed by atoms with Gasteiger partial charge in [0.1, 0.15) is 0 Å². The van der Waals surface area contributed by atoms with Crippen LogP contribution >= 0.6 is 0 Å². The monoisotopic (exact) mass is 276 g/mol. The second-order valence-corrected chi connectivity index (χ2v) is 5.83. The van der Waals surface area contributed by atoms with Crippen LogP contribution in [0.1, 0.15) is 25.8 Å². The molecule has 1 saturated heterocycles. The maximum Gasteiger partial charge on any atom is 0.324 e. The van der Waals surface area contributed by atoms with Gasteiger partial charge < -0.3 is 10.0 Å². The fourth-order valence-electron chi connectivity index (χ4n) is 2.63. The molecule has 2 rings (SSSR count). The molecule has 1 heterocycles. The Bertz CT molecular complexity index is 540. The molecule has 20 heavy (non-hydrogen) atoms. The zero-order valence-electron chi connectivity index (χ0n) is 12.1. The topological polar surface area (TPSA) is 60.9 Å². The minimum absolute atomic E-state index is 0.0296. The van der Waals surface area contributed by atoms with Crippen LogP contribution in [-0.4, -0.2) is 42.1 Å². The van der Waals surface area contributed by atoms with Crippen molar-refractivity contribution in [2.45, 2.75) is 25.7 Å². The second kappa shape index (κ2) is 5.15. The van der Waals surface area contributed by atoms with Crippen molar-refractivity contribution in [3.05, 3.63) is 29.8 Å². The summed E-state index contributed by atoms with van der Waals surface area (Å²) >= 11 is 0. The summed E-state index contributed by atoms with van der Waals surface area (Å²) in [4.78, 5) is 26.6. The first kappa shape index (κ1) is 14.4. The third-order valence-electron chi connectivity index (χ3n) is 3.73. The Hall–Kier alpha value is -2.04. The van der Waals surface area contributed by atoms with Gasteiger partial charge >= 0.3 is 12.0 Å². The third-order valence-corrected chi connectivity index (χ3v) is 3.73. The Morgan fingerprint density at radius 1 is 1.30 bits per heavy atom. The number of carbonyl (C=O) groups is 2. The molecule has 5 heteroatoms. The first-order valence-electron chi connectivity index (χ1n) is 6.67. The number of urea groups is 1. The maximum absolute atomic E-state index is 12.1. The van der Waals surface area contributed by atoms with E-state index in [-0.39, 0.29) is 12.5 Å². The predicted molar refractivity (Wildman–Crippen MR) is 77.1 cm³/mol. The number of aliphatic carboxylic acids is 1. The smallest absolute Gasteiger partial charge is 0.324 e. The number of carboxylic acids is 1. The van der Waals surface area contributed by atoms with Gasteiger partial charge in [0.2, 0.25) is 0 Å². The van der Waals surface area contributed by atoms with Gasteiger partial charge in [-0.2, -0.15) is 0 Å². The van der Waals surface area contributed by atoms with E-state index in [0.29, 0.717) is 13.1 Å². The van der Waals surface area contributed by atoms with E-state index < -0.39 is 11.4 Å². The number of benzene rings is 1. The van der Waals surface area contributed by atoms with Crippen LogP contribution < -0.4 is 4.90 Å². The molecule has 1 fully saturated rings. The summed E-state index contributed by atoms with van der Waals surface area (Å²) in [7, 11) is 1.77. The van der Waals surface area contributed by atoms with Crippen molar-refractivity contribution in [2.75, 3.05) is 25.0 Å². The van der Waals surface area contributed by atoms with E-state index in [1.807, 2.05) is 38.1 Å². The van der Waals surface area contributed by atoms with Gasteiger partial charge in [-0.05, 0) is 11.6 Å². The zero-order chi connectivity index (χ0) is 14.9. The number of para-hydroxylation sites is 1. The first-order valence-corrected chi connectivity index (χ1v) is 6.67. The lowest BCUT2D eigenvalue weighted by Gasteiger charge is -2.29. The molecular weight excluding hydrogens is 256 g/mol. The molecule has 0 radical (unpaired) electrons. The van der Waals surface area contributed by atoms with Crippen LogP contribution in [0.15, 0.2) is 24.3 Å². The Labute approximate surface area is 118 Å². The fourth-order valence-corrected chi connectivity index (χ4v) is 2.63. The van der Waals surface area contributed by atoms with Gasteiger partial charge in [0.25, 0.3) is 0 Å². The summed E-state index contributed by atoms with van der Waals surface area (Å²) in [5.41, 5.74) is 1.18. The van der Waals surface area contributed by atoms with E-state index in [4.69, 9.17) is 5.11 Å². The van der Waals surface area contributed by atoms with Crippen molar-refractivity contribution in [1.82, 2.24) is 4.90 Å². The van der Waals surface area contributed by atoms with Gasteiger partial charge in [-0.25, -0.2) is 4.79 Å². The number of hydrogen-bond donors (Lipinski definition) is 1. The largest absolute Gasteiger partial charge is 0.481 e. The minimum Gasteiger partial charge on any atom is -0.481 e. The summed E-state index contributed by atoms with van der Waals surface area (Å²) in [6.45, 7) is 5.11. The summed E-state index contributed by atoms with van der Waals surface area (Å²) < 4.78 is 0. The number of carboxylic acid groups (broad SMARTS) is 1. The molecule has 1 aromatic rings. The van der Waals surface area contributed by atoms with Crippen molar-refractivity contribution in [3.63, 3.8) is 0 Å². The Morgan fingerprint density at radius 2 is 1.95 bits per heavy atom. The number of nitrogens with zero attached hydrogens (tertiary/aromatic N) is 2. The number of likely N-dealkylation sites (N-methyl/N-ethyl adjacent to an activating group) is 1. The fraction of sp³-hybridized carbons (Fsp3) is 0.467. The van der Waals surface area contributed by atoms with E-state index in [2.05, 4.69) is 0 Å². The van der Waals surface area contributed by atoms with Crippen LogP contribution in [0.5, 0.6) is 0 Å². The van der Waals surface area contributed by atoms with E-state index in [0.717, 1.165) is 11.3 Å². The molecule has 0 saturated carbocycles. The molecule has 1 N–H and O–H groups in total. The van der Waals surface area contributed by atoms with E-state index in [9.17, 15) is 9.59 Å². The predicted octanol–water partition coefficient (Wildman–Crippen LogP) is 2.31. The molecular formula is C15H20N2O3. The van der Waals surface area contributed by atoms with Gasteiger partial charge in [-0.1, -0.05) is 32.0 Å². The van der Waals surface area contributed by atoms with Crippen LogP contribution in [0.25, 0.3) is 0 Å². The van der Waals surface area contributed by atoms with Gasteiger partial charge in [-0.3, -0.25) is 9.69 Å². The normalized spacial score (nSPS) is 15.8. The summed E-state index contributed by atoms with van der Waals surface area (Å²) in [6, 6.07) is 7.51. The molecule has 1 aliphatic heterocycles. The van der Waals surface area contributed by atoms with Crippen molar-refractivity contribution in [3.8, 4) is 0 Å². The zero-order valence-corrected chi connectivity index (χ0v) is 12.1. The standard InChI is InChI=1S/C15H20N2O3/c1-15(2,10-13(18)19)11-6-4-5-7-12(11)17-9-8-16(3)14(17)20/h4-7H,8-10H2,1-3H3,(H,18,19). The number of rotatable bonds is 4. The van der Waals surface area contributed by atoms with Crippen molar-refractivity contribution in [2.24, 2.45) is 0 Å². The highest BCUT2D eigenvalue weighted by Crippen LogP contribution is 2.35. The first-order chi connectivity index (χ1) is 9.33. The van der Waals surface area contributed by atoms with Crippen LogP contribution in [-0.2, 0) is 10.2 Å². The lowest BCUT2D eigenvalue weighted by molar-refractivity contribution is -0.138. The average molecular weight is 276 g/mol. The van der Waals surface area contributed by atoms with Gasteiger partial charge in [0, 0.05) is 31.2 Å². The Balaban J connectivity index is 2.41. The van der Waals surface area contributed by atoms with E-state index >= 15 is 0 Å². The summed E-state index contributed by atoms with van der Waals surface area (Å²) in [5, 5.41) is 9.07. The number of carbonyl (C=O) groups excluding carboxylic acids is 1. The summed E-state index contributed by atoms with van der Waals surface area (Å²) in [6.07, 6.45) is 0.0296. The molecule has 108 valence electrons. The molecule has 1 aromatic carbocycles. The number of hydrogen-bond acceptors (Lipinski definition) is 2.